The van der Waals surface area contributed by atoms with Gasteiger partial charge in [-0.15, -0.1) is 11.3 Å². The van der Waals surface area contributed by atoms with E-state index in [0.29, 0.717) is 0 Å². The molecule has 0 aliphatic heterocycles. The molecule has 5 nitrogen and oxygen atoms in total. The number of aromatic nitrogens is 3. The summed E-state index contributed by atoms with van der Waals surface area (Å²) in [5.41, 5.74) is 4.16. The van der Waals surface area contributed by atoms with Crippen molar-refractivity contribution < 1.29 is 0 Å². The summed E-state index contributed by atoms with van der Waals surface area (Å²) in [5.74, 6) is 0. The van der Waals surface area contributed by atoms with Crippen LogP contribution < -0.4 is 5.32 Å². The Morgan fingerprint density at radius 3 is 2.81 bits per heavy atom. The van der Waals surface area contributed by atoms with Gasteiger partial charge in [-0.05, 0) is 43.5 Å². The van der Waals surface area contributed by atoms with Gasteiger partial charge in [-0.3, -0.25) is 4.68 Å². The monoisotopic (exact) mass is 371 g/mol. The second-order valence-electron chi connectivity index (χ2n) is 5.20. The zero-order chi connectivity index (χ0) is 15.4. The molecular weight excluding hydrogens is 350 g/mol. The number of nitrogens with zero attached hydrogens (tertiary/aromatic N) is 4. The van der Waals surface area contributed by atoms with Gasteiger partial charge in [0, 0.05) is 6.54 Å². The SMILES string of the molecule is CCNC(c1scnc1C)c1c(Br)cnn1CCN(C)C. The predicted octanol–water partition coefficient (Wildman–Crippen LogP) is 2.67. The largest absolute Gasteiger partial charge is 0.308 e. The molecule has 2 heterocycles. The van der Waals surface area contributed by atoms with E-state index in [2.05, 4.69) is 68.9 Å². The summed E-state index contributed by atoms with van der Waals surface area (Å²) in [7, 11) is 4.15. The van der Waals surface area contributed by atoms with Crippen molar-refractivity contribution in [1.29, 1.82) is 0 Å². The second kappa shape index (κ2) is 7.49. The van der Waals surface area contributed by atoms with Crippen LogP contribution in [-0.2, 0) is 6.54 Å². The molecule has 0 saturated carbocycles. The summed E-state index contributed by atoms with van der Waals surface area (Å²) in [6.45, 7) is 6.91. The van der Waals surface area contributed by atoms with Crippen LogP contribution in [-0.4, -0.2) is 46.8 Å². The van der Waals surface area contributed by atoms with Crippen molar-refractivity contribution >= 4 is 27.3 Å². The molecule has 0 amide bonds. The summed E-state index contributed by atoms with van der Waals surface area (Å²) < 4.78 is 3.12. The molecule has 21 heavy (non-hydrogen) atoms. The number of hydrogen-bond donors (Lipinski definition) is 1. The molecule has 0 fully saturated rings. The Labute approximate surface area is 138 Å². The second-order valence-corrected chi connectivity index (χ2v) is 6.94. The highest BCUT2D eigenvalue weighted by molar-refractivity contribution is 9.10. The first-order valence-corrected chi connectivity index (χ1v) is 8.71. The highest BCUT2D eigenvalue weighted by Crippen LogP contribution is 2.32. The molecule has 2 rings (SSSR count). The molecule has 0 saturated heterocycles. The number of hydrogen-bond acceptors (Lipinski definition) is 5. The van der Waals surface area contributed by atoms with Gasteiger partial charge in [0.15, 0.2) is 0 Å². The molecule has 0 radical (unpaired) electrons. The van der Waals surface area contributed by atoms with E-state index < -0.39 is 0 Å². The average Bonchev–Trinajstić information content (AvgIpc) is 3.00. The molecule has 0 aliphatic rings. The maximum atomic E-state index is 4.52. The molecule has 1 N–H and O–H groups in total. The first-order valence-electron chi connectivity index (χ1n) is 7.03. The Balaban J connectivity index is 2.36. The third-order valence-corrected chi connectivity index (χ3v) is 4.93. The Hall–Kier alpha value is -0.760. The summed E-state index contributed by atoms with van der Waals surface area (Å²) in [6.07, 6.45) is 1.88. The first kappa shape index (κ1) is 16.6. The fourth-order valence-corrected chi connectivity index (χ4v) is 3.64. The van der Waals surface area contributed by atoms with E-state index in [9.17, 15) is 0 Å². The highest BCUT2D eigenvalue weighted by atomic mass is 79.9. The lowest BCUT2D eigenvalue weighted by atomic mass is 10.1. The Bertz CT molecular complexity index is 578. The van der Waals surface area contributed by atoms with Crippen LogP contribution in [0.15, 0.2) is 16.2 Å². The molecule has 2 aromatic heterocycles. The van der Waals surface area contributed by atoms with E-state index in [-0.39, 0.29) is 6.04 Å². The molecule has 0 spiro atoms. The minimum absolute atomic E-state index is 0.126. The summed E-state index contributed by atoms with van der Waals surface area (Å²) in [6, 6.07) is 0.126. The van der Waals surface area contributed by atoms with Gasteiger partial charge in [0.05, 0.1) is 45.0 Å². The Morgan fingerprint density at radius 1 is 1.48 bits per heavy atom. The highest BCUT2D eigenvalue weighted by Gasteiger charge is 2.24. The standard InChI is InChI=1S/C14H22BrN5S/c1-5-16-12(14-10(2)17-9-21-14)13-11(15)8-18-20(13)7-6-19(3)4/h8-9,12,16H,5-7H2,1-4H3. The van der Waals surface area contributed by atoms with Crippen LogP contribution in [0.1, 0.15) is 29.2 Å². The van der Waals surface area contributed by atoms with E-state index in [1.165, 1.54) is 10.6 Å². The number of aryl methyl sites for hydroxylation is 1. The molecule has 1 unspecified atom stereocenters. The third kappa shape index (κ3) is 3.91. The Morgan fingerprint density at radius 2 is 2.24 bits per heavy atom. The van der Waals surface area contributed by atoms with Gasteiger partial charge in [0.25, 0.3) is 0 Å². The van der Waals surface area contributed by atoms with Gasteiger partial charge in [-0.25, -0.2) is 4.98 Å². The smallest absolute Gasteiger partial charge is 0.0872 e. The third-order valence-electron chi connectivity index (χ3n) is 3.32. The van der Waals surface area contributed by atoms with E-state index in [4.69, 9.17) is 0 Å². The molecule has 116 valence electrons. The van der Waals surface area contributed by atoms with Crippen molar-refractivity contribution in [2.75, 3.05) is 27.2 Å². The van der Waals surface area contributed by atoms with E-state index in [1.54, 1.807) is 11.3 Å². The van der Waals surface area contributed by atoms with Crippen LogP contribution >= 0.6 is 27.3 Å². The number of likely N-dealkylation sites (N-methyl/N-ethyl adjacent to an activating group) is 1. The number of halogens is 1. The minimum atomic E-state index is 0.126. The molecule has 0 aliphatic carbocycles. The quantitative estimate of drug-likeness (QED) is 0.812. The van der Waals surface area contributed by atoms with Crippen LogP contribution in [0.3, 0.4) is 0 Å². The molecule has 1 atom stereocenters. The Kier molecular flexibility index (Phi) is 5.92. The van der Waals surface area contributed by atoms with Gasteiger partial charge in [0.2, 0.25) is 0 Å². The van der Waals surface area contributed by atoms with Crippen molar-refractivity contribution in [3.8, 4) is 0 Å². The van der Waals surface area contributed by atoms with E-state index in [1.807, 2.05) is 11.7 Å². The van der Waals surface area contributed by atoms with Gasteiger partial charge < -0.3 is 10.2 Å². The zero-order valence-corrected chi connectivity index (χ0v) is 15.3. The van der Waals surface area contributed by atoms with Crippen LogP contribution in [0.4, 0.5) is 0 Å². The summed E-state index contributed by atoms with van der Waals surface area (Å²) in [5, 5.41) is 8.08. The summed E-state index contributed by atoms with van der Waals surface area (Å²) in [4.78, 5) is 7.81. The number of nitrogens with one attached hydrogen (secondary N) is 1. The van der Waals surface area contributed by atoms with Gasteiger partial charge in [0.1, 0.15) is 0 Å². The lowest BCUT2D eigenvalue weighted by molar-refractivity contribution is 0.365. The number of thiazole rings is 1. The lowest BCUT2D eigenvalue weighted by Gasteiger charge is -2.20. The minimum Gasteiger partial charge on any atom is -0.308 e. The van der Waals surface area contributed by atoms with Crippen molar-refractivity contribution in [3.63, 3.8) is 0 Å². The van der Waals surface area contributed by atoms with Gasteiger partial charge in [-0.1, -0.05) is 6.92 Å². The lowest BCUT2D eigenvalue weighted by Crippen LogP contribution is -2.27. The molecular formula is C14H22BrN5S. The van der Waals surface area contributed by atoms with Gasteiger partial charge >= 0.3 is 0 Å². The normalized spacial score (nSPS) is 13.0. The van der Waals surface area contributed by atoms with Crippen LogP contribution in [0, 0.1) is 6.92 Å². The fourth-order valence-electron chi connectivity index (χ4n) is 2.24. The molecule has 0 aromatic carbocycles. The van der Waals surface area contributed by atoms with Crippen molar-refractivity contribution in [2.45, 2.75) is 26.4 Å². The molecule has 2 aromatic rings. The van der Waals surface area contributed by atoms with Crippen LogP contribution in [0.5, 0.6) is 0 Å². The molecule has 0 bridgehead atoms. The van der Waals surface area contributed by atoms with Gasteiger partial charge in [-0.2, -0.15) is 5.10 Å². The van der Waals surface area contributed by atoms with Crippen LogP contribution in [0.2, 0.25) is 0 Å². The predicted molar refractivity (Wildman–Crippen MR) is 90.9 cm³/mol. The van der Waals surface area contributed by atoms with Crippen molar-refractivity contribution in [2.24, 2.45) is 0 Å². The van der Waals surface area contributed by atoms with Crippen LogP contribution in [0.25, 0.3) is 0 Å². The average molecular weight is 372 g/mol. The maximum Gasteiger partial charge on any atom is 0.0872 e. The van der Waals surface area contributed by atoms with Crippen molar-refractivity contribution in [1.82, 2.24) is 25.0 Å². The van der Waals surface area contributed by atoms with E-state index in [0.717, 1.165) is 29.8 Å². The first-order chi connectivity index (χ1) is 10.0. The topological polar surface area (TPSA) is 46.0 Å². The maximum absolute atomic E-state index is 4.52. The fraction of sp³-hybridized carbons (Fsp3) is 0.571. The van der Waals surface area contributed by atoms with E-state index >= 15 is 0 Å². The molecule has 7 heteroatoms. The van der Waals surface area contributed by atoms with Crippen molar-refractivity contribution in [3.05, 3.63) is 32.4 Å². The summed E-state index contributed by atoms with van der Waals surface area (Å²) >= 11 is 5.34. The number of rotatable bonds is 7. The zero-order valence-electron chi connectivity index (χ0n) is 12.9.